The van der Waals surface area contributed by atoms with Gasteiger partial charge >= 0.3 is 24.0 Å². The first-order valence-electron chi connectivity index (χ1n) is 10.1. The number of esters is 3. The van der Waals surface area contributed by atoms with Crippen LogP contribution in [0.4, 0.5) is 4.79 Å². The van der Waals surface area contributed by atoms with Gasteiger partial charge in [-0.3, -0.25) is 14.4 Å². The van der Waals surface area contributed by atoms with E-state index in [4.69, 9.17) is 4.74 Å². The average Bonchev–Trinajstić information content (AvgIpc) is 2.82. The standard InChI is InChI=1S/C22H30N2O9/c1-13(2)17(24-22(29)33-12-14-9-7-6-8-10-14)19(26)23-18(21(28)32-5)15(20(27)31-4)11-16(25)30-3/h6-10,13,15,17-18H,11-12H2,1-5H3,(H,23,26)(H,24,29)/t15-,17+,18+/m1/s1. The van der Waals surface area contributed by atoms with Crippen LogP contribution in [-0.2, 0) is 44.7 Å². The van der Waals surface area contributed by atoms with Crippen molar-refractivity contribution in [2.24, 2.45) is 11.8 Å². The number of methoxy groups -OCH3 is 3. The van der Waals surface area contributed by atoms with Gasteiger partial charge in [0.05, 0.1) is 33.7 Å². The Morgan fingerprint density at radius 3 is 1.94 bits per heavy atom. The Balaban J connectivity index is 2.97. The predicted molar refractivity (Wildman–Crippen MR) is 114 cm³/mol. The first-order valence-corrected chi connectivity index (χ1v) is 10.1. The summed E-state index contributed by atoms with van der Waals surface area (Å²) in [6, 6.07) is 6.28. The van der Waals surface area contributed by atoms with Crippen molar-refractivity contribution in [1.29, 1.82) is 0 Å². The minimum Gasteiger partial charge on any atom is -0.469 e. The molecule has 0 spiro atoms. The minimum absolute atomic E-state index is 0.00651. The number of carbonyl (C=O) groups excluding carboxylic acids is 5. The highest BCUT2D eigenvalue weighted by Crippen LogP contribution is 2.15. The van der Waals surface area contributed by atoms with Crippen molar-refractivity contribution in [2.45, 2.75) is 39.0 Å². The Hall–Kier alpha value is -3.63. The molecule has 0 saturated heterocycles. The molecule has 182 valence electrons. The predicted octanol–water partition coefficient (Wildman–Crippen LogP) is 0.948. The molecule has 0 radical (unpaired) electrons. The minimum atomic E-state index is -1.56. The fourth-order valence-electron chi connectivity index (χ4n) is 2.87. The van der Waals surface area contributed by atoms with Gasteiger partial charge in [0.2, 0.25) is 5.91 Å². The molecule has 3 atom stereocenters. The number of benzene rings is 1. The van der Waals surface area contributed by atoms with E-state index >= 15 is 0 Å². The molecule has 0 saturated carbocycles. The maximum Gasteiger partial charge on any atom is 0.408 e. The van der Waals surface area contributed by atoms with E-state index in [2.05, 4.69) is 24.8 Å². The van der Waals surface area contributed by atoms with Crippen molar-refractivity contribution >= 4 is 29.9 Å². The van der Waals surface area contributed by atoms with Crippen LogP contribution in [0.15, 0.2) is 30.3 Å². The largest absolute Gasteiger partial charge is 0.469 e. The van der Waals surface area contributed by atoms with Crippen LogP contribution in [0.3, 0.4) is 0 Å². The van der Waals surface area contributed by atoms with Gasteiger partial charge in [-0.25, -0.2) is 9.59 Å². The van der Waals surface area contributed by atoms with E-state index in [-0.39, 0.29) is 6.61 Å². The molecule has 1 rings (SSSR count). The van der Waals surface area contributed by atoms with Crippen molar-refractivity contribution in [2.75, 3.05) is 21.3 Å². The number of nitrogens with one attached hydrogen (secondary N) is 2. The van der Waals surface area contributed by atoms with Crippen molar-refractivity contribution in [1.82, 2.24) is 10.6 Å². The molecule has 0 bridgehead atoms. The van der Waals surface area contributed by atoms with E-state index < -0.39 is 60.2 Å². The fraction of sp³-hybridized carbons (Fsp3) is 0.500. The molecule has 0 aliphatic heterocycles. The van der Waals surface area contributed by atoms with Crippen molar-refractivity contribution in [3.8, 4) is 0 Å². The molecule has 11 heteroatoms. The van der Waals surface area contributed by atoms with E-state index in [1.807, 2.05) is 6.07 Å². The lowest BCUT2D eigenvalue weighted by atomic mass is 9.94. The number of ether oxygens (including phenoxy) is 4. The van der Waals surface area contributed by atoms with Crippen LogP contribution in [0.25, 0.3) is 0 Å². The number of hydrogen-bond acceptors (Lipinski definition) is 9. The summed E-state index contributed by atoms with van der Waals surface area (Å²) in [6.45, 7) is 3.33. The van der Waals surface area contributed by atoms with Gasteiger partial charge in [-0.05, 0) is 11.5 Å². The van der Waals surface area contributed by atoms with Gasteiger partial charge in [0.1, 0.15) is 18.7 Å². The molecule has 1 aromatic carbocycles. The molecule has 33 heavy (non-hydrogen) atoms. The molecule has 0 fully saturated rings. The second-order valence-electron chi connectivity index (χ2n) is 7.35. The Bertz CT molecular complexity index is 826. The first kappa shape index (κ1) is 27.4. The van der Waals surface area contributed by atoms with Crippen LogP contribution in [0, 0.1) is 11.8 Å². The highest BCUT2D eigenvalue weighted by atomic mass is 16.6. The number of carbonyl (C=O) groups is 5. The van der Waals surface area contributed by atoms with Crippen LogP contribution in [0.5, 0.6) is 0 Å². The van der Waals surface area contributed by atoms with E-state index in [0.29, 0.717) is 0 Å². The van der Waals surface area contributed by atoms with Gasteiger partial charge in [-0.2, -0.15) is 0 Å². The van der Waals surface area contributed by atoms with Gasteiger partial charge in [-0.15, -0.1) is 0 Å². The molecule has 2 N–H and O–H groups in total. The summed E-state index contributed by atoms with van der Waals surface area (Å²) in [5.41, 5.74) is 0.757. The Morgan fingerprint density at radius 1 is 0.818 bits per heavy atom. The normalized spacial score (nSPS) is 13.2. The Kier molecular flexibility index (Phi) is 11.4. The van der Waals surface area contributed by atoms with Crippen molar-refractivity contribution < 1.29 is 42.9 Å². The molecule has 1 aromatic rings. The molecule has 0 aromatic heterocycles. The molecule has 0 unspecified atom stereocenters. The SMILES string of the molecule is COC(=O)C[C@@H](C(=O)OC)[C@H](NC(=O)[C@@H](NC(=O)OCc1ccccc1)C(C)C)C(=O)OC. The smallest absolute Gasteiger partial charge is 0.408 e. The van der Waals surface area contributed by atoms with Crippen molar-refractivity contribution in [3.63, 3.8) is 0 Å². The van der Waals surface area contributed by atoms with Crippen LogP contribution >= 0.6 is 0 Å². The summed E-state index contributed by atoms with van der Waals surface area (Å²) in [7, 11) is 3.25. The zero-order valence-corrected chi connectivity index (χ0v) is 19.3. The quantitative estimate of drug-likeness (QED) is 0.359. The van der Waals surface area contributed by atoms with Crippen LogP contribution < -0.4 is 10.6 Å². The number of alkyl carbamates (subject to hydrolysis) is 1. The molecule has 2 amide bonds. The lowest BCUT2D eigenvalue weighted by molar-refractivity contribution is -0.159. The maximum atomic E-state index is 12.9. The first-order chi connectivity index (χ1) is 15.6. The van der Waals surface area contributed by atoms with Gasteiger partial charge in [0.15, 0.2) is 0 Å². The van der Waals surface area contributed by atoms with Gasteiger partial charge in [0, 0.05) is 0 Å². The lowest BCUT2D eigenvalue weighted by Crippen LogP contribution is -2.57. The zero-order valence-electron chi connectivity index (χ0n) is 19.3. The summed E-state index contributed by atoms with van der Waals surface area (Å²) in [5, 5.41) is 4.83. The third kappa shape index (κ3) is 8.79. The Labute approximate surface area is 192 Å². The monoisotopic (exact) mass is 466 g/mol. The molecule has 0 heterocycles. The topological polar surface area (TPSA) is 146 Å². The number of hydrogen-bond donors (Lipinski definition) is 2. The summed E-state index contributed by atoms with van der Waals surface area (Å²) in [6.07, 6.45) is -1.39. The fourth-order valence-corrected chi connectivity index (χ4v) is 2.87. The summed E-state index contributed by atoms with van der Waals surface area (Å²) in [4.78, 5) is 61.5. The third-order valence-corrected chi connectivity index (χ3v) is 4.71. The van der Waals surface area contributed by atoms with Gasteiger partial charge < -0.3 is 29.6 Å². The Morgan fingerprint density at radius 2 is 1.42 bits per heavy atom. The second kappa shape index (κ2) is 13.7. The van der Waals surface area contributed by atoms with E-state index in [9.17, 15) is 24.0 Å². The molecule has 11 nitrogen and oxygen atoms in total. The lowest BCUT2D eigenvalue weighted by Gasteiger charge is -2.27. The molecular weight excluding hydrogens is 436 g/mol. The summed E-state index contributed by atoms with van der Waals surface area (Å²) < 4.78 is 19.1. The third-order valence-electron chi connectivity index (χ3n) is 4.71. The van der Waals surface area contributed by atoms with Gasteiger partial charge in [-0.1, -0.05) is 44.2 Å². The second-order valence-corrected chi connectivity index (χ2v) is 7.35. The zero-order chi connectivity index (χ0) is 25.0. The highest BCUT2D eigenvalue weighted by Gasteiger charge is 2.40. The van der Waals surface area contributed by atoms with Gasteiger partial charge in [0.25, 0.3) is 0 Å². The molecule has 0 aliphatic rings. The molecular formula is C22H30N2O9. The summed E-state index contributed by atoms with van der Waals surface area (Å²) >= 11 is 0. The van der Waals surface area contributed by atoms with Crippen LogP contribution in [-0.4, -0.2) is 63.3 Å². The summed E-state index contributed by atoms with van der Waals surface area (Å²) in [5.74, 6) is -5.29. The average molecular weight is 466 g/mol. The highest BCUT2D eigenvalue weighted by molar-refractivity contribution is 5.93. The number of amides is 2. The van der Waals surface area contributed by atoms with Crippen molar-refractivity contribution in [3.05, 3.63) is 35.9 Å². The number of rotatable bonds is 11. The van der Waals surface area contributed by atoms with E-state index in [0.717, 1.165) is 26.9 Å². The van der Waals surface area contributed by atoms with E-state index in [1.54, 1.807) is 38.1 Å². The molecule has 0 aliphatic carbocycles. The van der Waals surface area contributed by atoms with Crippen LogP contribution in [0.2, 0.25) is 0 Å². The van der Waals surface area contributed by atoms with E-state index in [1.165, 1.54) is 0 Å². The maximum absolute atomic E-state index is 12.9. The van der Waals surface area contributed by atoms with Crippen LogP contribution in [0.1, 0.15) is 25.8 Å².